The summed E-state index contributed by atoms with van der Waals surface area (Å²) in [6.45, 7) is 4.03. The van der Waals surface area contributed by atoms with Crippen LogP contribution in [0, 0.1) is 16.7 Å². The van der Waals surface area contributed by atoms with Crippen LogP contribution in [0.4, 0.5) is 5.82 Å². The molecule has 1 spiro atoms. The Labute approximate surface area is 201 Å². The van der Waals surface area contributed by atoms with Crippen molar-refractivity contribution in [3.63, 3.8) is 0 Å². The van der Waals surface area contributed by atoms with Gasteiger partial charge in [0.2, 0.25) is 0 Å². The number of nitrogens with zero attached hydrogens (tertiary/aromatic N) is 5. The second kappa shape index (κ2) is 8.42. The molecule has 10 heteroatoms. The van der Waals surface area contributed by atoms with E-state index in [4.69, 9.17) is 33.7 Å². The number of imidazole rings is 1. The number of pyridine rings is 2. The predicted octanol–water partition coefficient (Wildman–Crippen LogP) is 3.40. The normalized spacial score (nSPS) is 22.2. The number of aliphatic hydroxyl groups excluding tert-OH is 1. The molecule has 0 bridgehead atoms. The summed E-state index contributed by atoms with van der Waals surface area (Å²) in [6.07, 6.45) is 4.99. The van der Waals surface area contributed by atoms with Crippen molar-refractivity contribution in [3.8, 4) is 17.2 Å². The molecule has 5 rings (SSSR count). The lowest BCUT2D eigenvalue weighted by Crippen LogP contribution is -2.51. The summed E-state index contributed by atoms with van der Waals surface area (Å²) in [5, 5.41) is 20.5. The number of ether oxygens (including phenoxy) is 1. The van der Waals surface area contributed by atoms with E-state index in [9.17, 15) is 10.4 Å². The van der Waals surface area contributed by atoms with Crippen LogP contribution in [-0.2, 0) is 11.3 Å². The maximum Gasteiger partial charge on any atom is 0.148 e. The van der Waals surface area contributed by atoms with Crippen molar-refractivity contribution in [2.24, 2.45) is 11.1 Å². The number of piperidine rings is 1. The summed E-state index contributed by atoms with van der Waals surface area (Å²) >= 11 is 12.6. The first-order chi connectivity index (χ1) is 15.9. The molecule has 2 unspecified atom stereocenters. The zero-order valence-corrected chi connectivity index (χ0v) is 19.6. The van der Waals surface area contributed by atoms with Crippen LogP contribution in [0.2, 0.25) is 10.2 Å². The Balaban J connectivity index is 1.62. The highest BCUT2D eigenvalue weighted by Crippen LogP contribution is 2.43. The summed E-state index contributed by atoms with van der Waals surface area (Å²) in [4.78, 5) is 10.8. The number of nitrogens with two attached hydrogens (primary N) is 1. The van der Waals surface area contributed by atoms with Crippen LogP contribution in [0.5, 0.6) is 0 Å². The Morgan fingerprint density at radius 2 is 2.09 bits per heavy atom. The third-order valence-electron chi connectivity index (χ3n) is 7.16. The first-order valence-corrected chi connectivity index (χ1v) is 11.6. The van der Waals surface area contributed by atoms with Crippen LogP contribution in [0.25, 0.3) is 16.8 Å². The summed E-state index contributed by atoms with van der Waals surface area (Å²) < 4.78 is 7.75. The Bertz CT molecular complexity index is 1260. The predicted molar refractivity (Wildman–Crippen MR) is 126 cm³/mol. The van der Waals surface area contributed by atoms with E-state index in [1.165, 1.54) is 0 Å². The average molecular weight is 487 g/mol. The van der Waals surface area contributed by atoms with Crippen LogP contribution in [0.1, 0.15) is 31.0 Å². The summed E-state index contributed by atoms with van der Waals surface area (Å²) in [7, 11) is 0. The molecule has 0 radical (unpaired) electrons. The molecule has 2 saturated heterocycles. The van der Waals surface area contributed by atoms with Gasteiger partial charge in [-0.15, -0.1) is 0 Å². The van der Waals surface area contributed by atoms with E-state index < -0.39 is 0 Å². The fraction of sp³-hybridized carbons (Fsp3) is 0.435. The van der Waals surface area contributed by atoms with Crippen molar-refractivity contribution >= 4 is 34.7 Å². The number of hydrogen-bond donors (Lipinski definition) is 2. The number of anilines is 1. The van der Waals surface area contributed by atoms with E-state index in [0.717, 1.165) is 31.7 Å². The highest BCUT2D eigenvalue weighted by atomic mass is 35.5. The van der Waals surface area contributed by atoms with Crippen molar-refractivity contribution in [2.75, 3.05) is 24.6 Å². The third kappa shape index (κ3) is 3.47. The van der Waals surface area contributed by atoms with Gasteiger partial charge in [-0.05, 0) is 31.9 Å². The molecule has 5 heterocycles. The van der Waals surface area contributed by atoms with Crippen molar-refractivity contribution in [2.45, 2.75) is 38.5 Å². The van der Waals surface area contributed by atoms with Crippen LogP contribution in [0.15, 0.2) is 24.5 Å². The largest absolute Gasteiger partial charge is 0.390 e. The van der Waals surface area contributed by atoms with Crippen LogP contribution in [0.3, 0.4) is 0 Å². The van der Waals surface area contributed by atoms with Gasteiger partial charge < -0.3 is 20.5 Å². The maximum absolute atomic E-state index is 10.0. The second-order valence-electron chi connectivity index (χ2n) is 8.82. The highest BCUT2D eigenvalue weighted by Gasteiger charge is 2.47. The Morgan fingerprint density at radius 3 is 2.73 bits per heavy atom. The minimum Gasteiger partial charge on any atom is -0.390 e. The molecule has 2 fully saturated rings. The molecule has 33 heavy (non-hydrogen) atoms. The van der Waals surface area contributed by atoms with Gasteiger partial charge in [-0.1, -0.05) is 23.2 Å². The molecule has 8 nitrogen and oxygen atoms in total. The molecule has 3 aromatic rings. The molecule has 2 aliphatic heterocycles. The van der Waals surface area contributed by atoms with Crippen LogP contribution in [-0.4, -0.2) is 51.3 Å². The molecule has 0 saturated carbocycles. The van der Waals surface area contributed by atoms with Gasteiger partial charge in [0.25, 0.3) is 0 Å². The van der Waals surface area contributed by atoms with E-state index in [1.807, 2.05) is 17.4 Å². The monoisotopic (exact) mass is 486 g/mol. The molecule has 2 atom stereocenters. The van der Waals surface area contributed by atoms with Gasteiger partial charge in [0.15, 0.2) is 0 Å². The molecule has 3 aromatic heterocycles. The van der Waals surface area contributed by atoms with Crippen molar-refractivity contribution in [1.82, 2.24) is 14.4 Å². The Kier molecular flexibility index (Phi) is 5.71. The molecular formula is C23H24Cl2N6O2. The van der Waals surface area contributed by atoms with Crippen molar-refractivity contribution < 1.29 is 9.84 Å². The second-order valence-corrected chi connectivity index (χ2v) is 9.56. The highest BCUT2D eigenvalue weighted by molar-refractivity contribution is 6.43. The lowest BCUT2D eigenvalue weighted by atomic mass is 9.73. The van der Waals surface area contributed by atoms with E-state index in [1.54, 1.807) is 18.5 Å². The van der Waals surface area contributed by atoms with Gasteiger partial charge in [0.1, 0.15) is 22.7 Å². The summed E-state index contributed by atoms with van der Waals surface area (Å²) in [6, 6.07) is 5.85. The van der Waals surface area contributed by atoms with Gasteiger partial charge in [0.05, 0.1) is 41.8 Å². The van der Waals surface area contributed by atoms with Crippen molar-refractivity contribution in [3.05, 3.63) is 46.0 Å². The number of aromatic nitrogens is 3. The average Bonchev–Trinajstić information content (AvgIpc) is 3.38. The van der Waals surface area contributed by atoms with E-state index >= 15 is 0 Å². The smallest absolute Gasteiger partial charge is 0.148 e. The fourth-order valence-electron chi connectivity index (χ4n) is 5.17. The lowest BCUT2D eigenvalue weighted by Gasteiger charge is -2.42. The van der Waals surface area contributed by atoms with Gasteiger partial charge in [-0.25, -0.2) is 9.97 Å². The number of aliphatic hydroxyl groups is 1. The number of halogens is 2. The summed E-state index contributed by atoms with van der Waals surface area (Å²) in [5.74, 6) is 0.804. The first-order valence-electron chi connectivity index (χ1n) is 10.9. The number of rotatable bonds is 3. The molecule has 0 aliphatic carbocycles. The number of fused-ring (bicyclic) bond motifs is 1. The summed E-state index contributed by atoms with van der Waals surface area (Å²) in [5.41, 5.74) is 9.17. The van der Waals surface area contributed by atoms with E-state index in [0.29, 0.717) is 34.6 Å². The minimum atomic E-state index is -0.196. The van der Waals surface area contributed by atoms with Crippen LogP contribution >= 0.6 is 23.2 Å². The fourth-order valence-corrected chi connectivity index (χ4v) is 5.53. The Hall–Kier alpha value is -2.41. The quantitative estimate of drug-likeness (QED) is 0.545. The number of hydrogen-bond acceptors (Lipinski definition) is 7. The van der Waals surface area contributed by atoms with Gasteiger partial charge in [-0.3, -0.25) is 4.40 Å². The van der Waals surface area contributed by atoms with Gasteiger partial charge in [0, 0.05) is 41.9 Å². The molecule has 3 N–H and O–H groups in total. The standard InChI is InChI=1S/C23H24Cl2N6O2/c1-13-20(27)23(12-33-13)3-6-30(7-4-23)17-8-14(9-26)18(16-2-5-28-21(25)19(16)24)22-29-10-15(11-32)31(17)22/h2,5,8,10,13,20,32H,3-4,6-7,11-12,27H2,1H3. The topological polar surface area (TPSA) is 113 Å². The minimum absolute atomic E-state index is 0.0107. The molecule has 0 amide bonds. The number of nitriles is 1. The molecular weight excluding hydrogens is 463 g/mol. The van der Waals surface area contributed by atoms with E-state index in [-0.39, 0.29) is 34.3 Å². The zero-order valence-electron chi connectivity index (χ0n) is 18.1. The lowest BCUT2D eigenvalue weighted by molar-refractivity contribution is 0.0974. The zero-order chi connectivity index (χ0) is 23.3. The SMILES string of the molecule is CC1OCC2(CCN(c3cc(C#N)c(-c4ccnc(Cl)c4Cl)c4ncc(CO)n34)CC2)C1N. The van der Waals surface area contributed by atoms with Crippen LogP contribution < -0.4 is 10.6 Å². The molecule has 172 valence electrons. The van der Waals surface area contributed by atoms with Gasteiger partial charge in [-0.2, -0.15) is 5.26 Å². The third-order valence-corrected chi connectivity index (χ3v) is 7.92. The van der Waals surface area contributed by atoms with E-state index in [2.05, 4.69) is 20.9 Å². The molecule has 2 aliphatic rings. The maximum atomic E-state index is 10.0. The van der Waals surface area contributed by atoms with Crippen molar-refractivity contribution in [1.29, 1.82) is 5.26 Å². The van der Waals surface area contributed by atoms with Gasteiger partial charge >= 0.3 is 0 Å². The molecule has 0 aromatic carbocycles. The Morgan fingerprint density at radius 1 is 1.33 bits per heavy atom. The first kappa shape index (κ1) is 22.4.